The van der Waals surface area contributed by atoms with E-state index in [1.165, 1.54) is 24.5 Å². The SMILES string of the molecule is N#Cc1c(F)ccc(Nc2ncc(Oc3cccc(N4CCOCC4)c3)cn2)c1F.N#Cc1cc(Nc2ncc(Oc3cccc(N4CCOCC4)c3)cn2)ccc1Cl. The van der Waals surface area contributed by atoms with Gasteiger partial charge in [0.2, 0.25) is 11.9 Å². The molecule has 2 N–H and O–H groups in total. The van der Waals surface area contributed by atoms with Crippen LogP contribution in [0.15, 0.2) is 104 Å². The van der Waals surface area contributed by atoms with Gasteiger partial charge in [-0.3, -0.25) is 0 Å². The highest BCUT2D eigenvalue weighted by Crippen LogP contribution is 2.29. The number of aromatic nitrogens is 4. The van der Waals surface area contributed by atoms with Crippen LogP contribution >= 0.6 is 11.6 Å². The van der Waals surface area contributed by atoms with Crippen LogP contribution in [-0.2, 0) is 9.47 Å². The van der Waals surface area contributed by atoms with Crippen molar-refractivity contribution in [3.05, 3.63) is 131 Å². The molecule has 0 bridgehead atoms. The zero-order valence-electron chi connectivity index (χ0n) is 31.3. The molecule has 59 heavy (non-hydrogen) atoms. The van der Waals surface area contributed by atoms with Gasteiger partial charge in [-0.25, -0.2) is 28.7 Å². The normalized spacial score (nSPS) is 13.6. The summed E-state index contributed by atoms with van der Waals surface area (Å²) in [5.74, 6) is 0.831. The summed E-state index contributed by atoms with van der Waals surface area (Å²) >= 11 is 5.95. The number of hydrogen-bond donors (Lipinski definition) is 2. The minimum Gasteiger partial charge on any atom is -0.454 e. The van der Waals surface area contributed by atoms with Crippen LogP contribution in [0.2, 0.25) is 5.02 Å². The molecule has 2 fully saturated rings. The lowest BCUT2D eigenvalue weighted by Crippen LogP contribution is -2.36. The number of morpholine rings is 2. The first-order valence-electron chi connectivity index (χ1n) is 18.3. The van der Waals surface area contributed by atoms with Crippen LogP contribution in [0, 0.1) is 34.3 Å². The molecule has 6 aromatic rings. The Labute approximate surface area is 343 Å². The van der Waals surface area contributed by atoms with Gasteiger partial charge in [0.05, 0.1) is 67.5 Å². The maximum Gasteiger partial charge on any atom is 0.227 e. The molecule has 0 atom stereocenters. The van der Waals surface area contributed by atoms with Crippen molar-refractivity contribution < 1.29 is 27.7 Å². The van der Waals surface area contributed by atoms with E-state index in [0.717, 1.165) is 62.6 Å². The molecule has 0 radical (unpaired) electrons. The van der Waals surface area contributed by atoms with Crippen LogP contribution < -0.4 is 29.9 Å². The molecule has 17 heteroatoms. The third kappa shape index (κ3) is 10.6. The third-order valence-corrected chi connectivity index (χ3v) is 9.24. The van der Waals surface area contributed by atoms with Crippen molar-refractivity contribution in [2.24, 2.45) is 0 Å². The van der Waals surface area contributed by atoms with Crippen molar-refractivity contribution >= 4 is 46.2 Å². The minimum absolute atomic E-state index is 0.0822. The van der Waals surface area contributed by atoms with E-state index in [1.807, 2.05) is 48.5 Å². The quantitative estimate of drug-likeness (QED) is 0.135. The van der Waals surface area contributed by atoms with Crippen LogP contribution in [0.5, 0.6) is 23.0 Å². The molecule has 0 aliphatic carbocycles. The van der Waals surface area contributed by atoms with Crippen LogP contribution in [0.25, 0.3) is 0 Å². The highest BCUT2D eigenvalue weighted by atomic mass is 35.5. The summed E-state index contributed by atoms with van der Waals surface area (Å²) in [7, 11) is 0. The predicted molar refractivity (Wildman–Crippen MR) is 217 cm³/mol. The number of nitrogens with one attached hydrogen (secondary N) is 2. The number of nitriles is 2. The Bertz CT molecular complexity index is 2460. The Hall–Kier alpha value is -7.11. The van der Waals surface area contributed by atoms with Crippen LogP contribution in [0.4, 0.5) is 43.4 Å². The van der Waals surface area contributed by atoms with Crippen molar-refractivity contribution in [3.63, 3.8) is 0 Å². The van der Waals surface area contributed by atoms with E-state index in [4.69, 9.17) is 41.1 Å². The van der Waals surface area contributed by atoms with E-state index >= 15 is 0 Å². The van der Waals surface area contributed by atoms with E-state index in [1.54, 1.807) is 30.6 Å². The highest BCUT2D eigenvalue weighted by molar-refractivity contribution is 6.31. The molecule has 0 spiro atoms. The lowest BCUT2D eigenvalue weighted by molar-refractivity contribution is 0.122. The van der Waals surface area contributed by atoms with Gasteiger partial charge in [-0.1, -0.05) is 23.7 Å². The smallest absolute Gasteiger partial charge is 0.227 e. The van der Waals surface area contributed by atoms with Crippen molar-refractivity contribution in [2.75, 3.05) is 73.0 Å². The number of nitrogens with zero attached hydrogens (tertiary/aromatic N) is 8. The molecule has 2 aromatic heterocycles. The van der Waals surface area contributed by atoms with Gasteiger partial charge in [-0.15, -0.1) is 0 Å². The fourth-order valence-corrected chi connectivity index (χ4v) is 6.12. The average Bonchev–Trinajstić information content (AvgIpc) is 3.28. The second-order valence-electron chi connectivity index (χ2n) is 12.8. The number of benzene rings is 4. The van der Waals surface area contributed by atoms with Gasteiger partial charge in [0.1, 0.15) is 35.0 Å². The van der Waals surface area contributed by atoms with E-state index in [0.29, 0.717) is 52.7 Å². The lowest BCUT2D eigenvalue weighted by atomic mass is 10.2. The van der Waals surface area contributed by atoms with Gasteiger partial charge >= 0.3 is 0 Å². The monoisotopic (exact) mass is 816 g/mol. The molecule has 4 heterocycles. The minimum atomic E-state index is -0.999. The van der Waals surface area contributed by atoms with E-state index < -0.39 is 17.2 Å². The molecule has 0 amide bonds. The summed E-state index contributed by atoms with van der Waals surface area (Å²) < 4.78 is 50.1. The fourth-order valence-electron chi connectivity index (χ4n) is 5.96. The Morgan fingerprint density at radius 3 is 1.66 bits per heavy atom. The molecular formula is C42H35ClF2N10O4. The zero-order chi connectivity index (χ0) is 41.0. The van der Waals surface area contributed by atoms with Crippen molar-refractivity contribution in [2.45, 2.75) is 0 Å². The second kappa shape index (κ2) is 19.4. The molecular weight excluding hydrogens is 782 g/mol. The van der Waals surface area contributed by atoms with Gasteiger partial charge in [0.15, 0.2) is 17.3 Å². The molecule has 0 unspecified atom stereocenters. The standard InChI is InChI=1S/C21H18ClN5O2.C21H17F2N5O2/c22-20-5-4-16(10-15(20)12-23)26-21-24-13-19(14-25-21)29-18-3-1-2-17(11-18)27-6-8-28-9-7-27;22-18-4-5-19(20(23)17(18)11-24)27-21-25-12-16(13-26-21)30-15-3-1-2-14(10-15)28-6-8-29-9-7-28/h1-5,10-11,13-14H,6-9H2,(H,24,25,26);1-5,10,12-13H,6-9H2,(H,25,26,27). The van der Waals surface area contributed by atoms with Gasteiger partial charge < -0.3 is 39.4 Å². The molecule has 8 rings (SSSR count). The van der Waals surface area contributed by atoms with Crippen LogP contribution in [0.1, 0.15) is 11.1 Å². The Morgan fingerprint density at radius 1 is 0.627 bits per heavy atom. The first-order valence-corrected chi connectivity index (χ1v) is 18.7. The zero-order valence-corrected chi connectivity index (χ0v) is 32.1. The molecule has 298 valence electrons. The van der Waals surface area contributed by atoms with Crippen molar-refractivity contribution in [1.29, 1.82) is 10.5 Å². The lowest BCUT2D eigenvalue weighted by Gasteiger charge is -2.29. The number of rotatable bonds is 10. The maximum atomic E-state index is 14.2. The molecule has 2 aliphatic heterocycles. The summed E-state index contributed by atoms with van der Waals surface area (Å²) in [6.07, 6.45) is 6.06. The Morgan fingerprint density at radius 2 is 1.15 bits per heavy atom. The largest absolute Gasteiger partial charge is 0.454 e. The Balaban J connectivity index is 0.000000179. The molecule has 14 nitrogen and oxygen atoms in total. The molecule has 2 aliphatic rings. The first kappa shape index (κ1) is 40.1. The second-order valence-corrected chi connectivity index (χ2v) is 13.2. The maximum absolute atomic E-state index is 14.2. The Kier molecular flexibility index (Phi) is 13.2. The number of hydrogen-bond acceptors (Lipinski definition) is 14. The van der Waals surface area contributed by atoms with Crippen LogP contribution in [0.3, 0.4) is 0 Å². The van der Waals surface area contributed by atoms with Crippen molar-refractivity contribution in [1.82, 2.24) is 19.9 Å². The molecule has 2 saturated heterocycles. The van der Waals surface area contributed by atoms with E-state index in [-0.39, 0.29) is 11.6 Å². The first-order chi connectivity index (χ1) is 28.8. The van der Waals surface area contributed by atoms with E-state index in [2.05, 4.69) is 46.4 Å². The summed E-state index contributed by atoms with van der Waals surface area (Å²) in [6, 6.07) is 26.4. The summed E-state index contributed by atoms with van der Waals surface area (Å²) in [5, 5.41) is 24.0. The average molecular weight is 817 g/mol. The molecule has 4 aromatic carbocycles. The predicted octanol–water partition coefficient (Wildman–Crippen LogP) is 8.37. The van der Waals surface area contributed by atoms with Crippen molar-refractivity contribution in [3.8, 4) is 35.1 Å². The fraction of sp³-hybridized carbons (Fsp3) is 0.190. The van der Waals surface area contributed by atoms with Crippen LogP contribution in [-0.4, -0.2) is 72.5 Å². The summed E-state index contributed by atoms with van der Waals surface area (Å²) in [6.45, 7) is 6.22. The molecule has 0 saturated carbocycles. The highest BCUT2D eigenvalue weighted by Gasteiger charge is 2.16. The summed E-state index contributed by atoms with van der Waals surface area (Å²) in [5.41, 5.74) is 2.44. The topological polar surface area (TPSA) is 167 Å². The van der Waals surface area contributed by atoms with E-state index in [9.17, 15) is 8.78 Å². The van der Waals surface area contributed by atoms with Gasteiger partial charge in [0.25, 0.3) is 0 Å². The number of anilines is 6. The summed E-state index contributed by atoms with van der Waals surface area (Å²) in [4.78, 5) is 21.2. The third-order valence-electron chi connectivity index (χ3n) is 8.91. The van der Waals surface area contributed by atoms with Gasteiger partial charge in [-0.2, -0.15) is 10.5 Å². The number of halogens is 3. The number of ether oxygens (including phenoxy) is 4. The van der Waals surface area contributed by atoms with Gasteiger partial charge in [0, 0.05) is 55.4 Å². The van der Waals surface area contributed by atoms with Gasteiger partial charge in [-0.05, 0) is 54.6 Å².